The summed E-state index contributed by atoms with van der Waals surface area (Å²) >= 11 is 0. The third-order valence-electron chi connectivity index (χ3n) is 3.32. The van der Waals surface area contributed by atoms with Crippen LogP contribution in [0.3, 0.4) is 0 Å². The second kappa shape index (κ2) is 6.33. The summed E-state index contributed by atoms with van der Waals surface area (Å²) in [5, 5.41) is 23.5. The molecule has 2 rings (SSSR count). The summed E-state index contributed by atoms with van der Waals surface area (Å²) in [6.45, 7) is 0. The monoisotopic (exact) mass is 338 g/mol. The molecule has 1 aliphatic rings. The lowest BCUT2D eigenvalue weighted by atomic mass is 10.1. The topological polar surface area (TPSA) is 107 Å². The molecule has 7 nitrogen and oxygen atoms in total. The van der Waals surface area contributed by atoms with Crippen LogP contribution in [0.2, 0.25) is 0 Å². The number of hydrogen-bond acceptors (Lipinski definition) is 6. The van der Waals surface area contributed by atoms with Gasteiger partial charge in [-0.05, 0) is 17.7 Å². The Bertz CT molecular complexity index is 764. The van der Waals surface area contributed by atoms with Gasteiger partial charge >= 0.3 is 5.97 Å². The average molecular weight is 338 g/mol. The SMILES string of the molecule is CN(C)C1=CS(=O)(=O)C=C1NC(Cc1ccc(O)cc1)C(=O)O. The molecule has 0 bridgehead atoms. The molecule has 8 heteroatoms. The van der Waals surface area contributed by atoms with Gasteiger partial charge in [0.05, 0.1) is 22.2 Å². The Balaban J connectivity index is 2.22. The number of aliphatic carboxylic acids is 1. The summed E-state index contributed by atoms with van der Waals surface area (Å²) in [6.07, 6.45) is 0.147. The molecule has 1 aromatic carbocycles. The summed E-state index contributed by atoms with van der Waals surface area (Å²) in [7, 11) is -0.137. The number of sulfone groups is 1. The van der Waals surface area contributed by atoms with Gasteiger partial charge < -0.3 is 20.4 Å². The van der Waals surface area contributed by atoms with E-state index in [0.717, 1.165) is 10.8 Å². The van der Waals surface area contributed by atoms with Gasteiger partial charge in [-0.3, -0.25) is 0 Å². The highest BCUT2D eigenvalue weighted by molar-refractivity contribution is 7.97. The van der Waals surface area contributed by atoms with Crippen molar-refractivity contribution in [1.29, 1.82) is 0 Å². The molecule has 1 atom stereocenters. The van der Waals surface area contributed by atoms with Crippen LogP contribution in [0, 0.1) is 0 Å². The van der Waals surface area contributed by atoms with Crippen molar-refractivity contribution in [2.75, 3.05) is 14.1 Å². The largest absolute Gasteiger partial charge is 0.508 e. The number of rotatable bonds is 6. The lowest BCUT2D eigenvalue weighted by Crippen LogP contribution is -2.39. The zero-order chi connectivity index (χ0) is 17.2. The first kappa shape index (κ1) is 16.9. The van der Waals surface area contributed by atoms with E-state index in [4.69, 9.17) is 0 Å². The summed E-state index contributed by atoms with van der Waals surface area (Å²) < 4.78 is 23.4. The van der Waals surface area contributed by atoms with E-state index >= 15 is 0 Å². The Hall–Kier alpha value is -2.48. The average Bonchev–Trinajstić information content (AvgIpc) is 2.75. The first-order valence-electron chi connectivity index (χ1n) is 6.81. The van der Waals surface area contributed by atoms with E-state index in [9.17, 15) is 23.4 Å². The van der Waals surface area contributed by atoms with E-state index < -0.39 is 21.8 Å². The highest BCUT2D eigenvalue weighted by Gasteiger charge is 2.26. The molecular formula is C15H18N2O5S. The standard InChI is InChI=1S/C15H18N2O5S/c1-17(2)14-9-23(21,22)8-13(14)16-12(15(19)20)7-10-3-5-11(18)6-4-10/h3-6,8-9,12,16,18H,7H2,1-2H3,(H,19,20). The summed E-state index contributed by atoms with van der Waals surface area (Å²) in [4.78, 5) is 13.1. The number of carboxylic acid groups (broad SMARTS) is 1. The zero-order valence-corrected chi connectivity index (χ0v) is 13.5. The van der Waals surface area contributed by atoms with Crippen molar-refractivity contribution < 1.29 is 23.4 Å². The van der Waals surface area contributed by atoms with Crippen LogP contribution in [0.25, 0.3) is 0 Å². The first-order valence-corrected chi connectivity index (χ1v) is 8.42. The van der Waals surface area contributed by atoms with Crippen molar-refractivity contribution in [3.63, 3.8) is 0 Å². The van der Waals surface area contributed by atoms with Crippen LogP contribution in [0.5, 0.6) is 5.75 Å². The second-order valence-corrected chi connectivity index (χ2v) is 7.07. The number of nitrogens with zero attached hydrogens (tertiary/aromatic N) is 1. The van der Waals surface area contributed by atoms with Gasteiger partial charge in [-0.2, -0.15) is 0 Å². The van der Waals surface area contributed by atoms with E-state index in [2.05, 4.69) is 5.32 Å². The van der Waals surface area contributed by atoms with Gasteiger partial charge in [0.15, 0.2) is 9.84 Å². The van der Waals surface area contributed by atoms with Gasteiger partial charge in [0.2, 0.25) is 0 Å². The maximum Gasteiger partial charge on any atom is 0.326 e. The second-order valence-electron chi connectivity index (χ2n) is 5.42. The number of hydrogen-bond donors (Lipinski definition) is 3. The van der Waals surface area contributed by atoms with Crippen LogP contribution < -0.4 is 5.32 Å². The molecule has 3 N–H and O–H groups in total. The van der Waals surface area contributed by atoms with Crippen LogP contribution in [0.4, 0.5) is 0 Å². The smallest absolute Gasteiger partial charge is 0.326 e. The van der Waals surface area contributed by atoms with Crippen molar-refractivity contribution in [3.8, 4) is 5.75 Å². The summed E-state index contributed by atoms with van der Waals surface area (Å²) in [5.41, 5.74) is 1.36. The summed E-state index contributed by atoms with van der Waals surface area (Å²) in [5.74, 6) is -1.00. The number of aromatic hydroxyl groups is 1. The van der Waals surface area contributed by atoms with E-state index in [0.29, 0.717) is 11.3 Å². The molecular weight excluding hydrogens is 320 g/mol. The molecule has 1 unspecified atom stereocenters. The highest BCUT2D eigenvalue weighted by atomic mass is 32.2. The number of phenols is 1. The van der Waals surface area contributed by atoms with Crippen LogP contribution in [-0.4, -0.2) is 49.6 Å². The van der Waals surface area contributed by atoms with Gasteiger partial charge in [0.1, 0.15) is 11.8 Å². The third kappa shape index (κ3) is 4.26. The number of benzene rings is 1. The van der Waals surface area contributed by atoms with Gasteiger partial charge in [-0.1, -0.05) is 12.1 Å². The number of carbonyl (C=O) groups is 1. The van der Waals surface area contributed by atoms with Crippen molar-refractivity contribution in [2.24, 2.45) is 0 Å². The normalized spacial score (nSPS) is 17.1. The molecule has 1 heterocycles. The molecule has 0 fully saturated rings. The lowest BCUT2D eigenvalue weighted by Gasteiger charge is -2.21. The maximum absolute atomic E-state index is 11.7. The van der Waals surface area contributed by atoms with Crippen molar-refractivity contribution in [2.45, 2.75) is 12.5 Å². The molecule has 23 heavy (non-hydrogen) atoms. The van der Waals surface area contributed by atoms with Gasteiger partial charge in [0, 0.05) is 20.5 Å². The van der Waals surface area contributed by atoms with E-state index in [1.165, 1.54) is 12.1 Å². The quantitative estimate of drug-likeness (QED) is 0.699. The summed E-state index contributed by atoms with van der Waals surface area (Å²) in [6, 6.07) is 5.19. The Kier molecular flexibility index (Phi) is 4.65. The Morgan fingerprint density at radius 1 is 1.22 bits per heavy atom. The van der Waals surface area contributed by atoms with Crippen LogP contribution >= 0.6 is 0 Å². The molecule has 0 saturated heterocycles. The predicted molar refractivity (Wildman–Crippen MR) is 85.1 cm³/mol. The third-order valence-corrected chi connectivity index (χ3v) is 4.44. The molecule has 0 amide bonds. The predicted octanol–water partition coefficient (Wildman–Crippen LogP) is 0.650. The molecule has 1 aromatic rings. The Morgan fingerprint density at radius 2 is 1.83 bits per heavy atom. The number of nitrogens with one attached hydrogen (secondary N) is 1. The van der Waals surface area contributed by atoms with Crippen molar-refractivity contribution in [1.82, 2.24) is 10.2 Å². The fraction of sp³-hybridized carbons (Fsp3) is 0.267. The number of phenolic OH excluding ortho intramolecular Hbond substituents is 1. The number of likely N-dealkylation sites (N-methyl/N-ethyl adjacent to an activating group) is 1. The molecule has 0 aromatic heterocycles. The Labute approximate surface area is 134 Å². The van der Waals surface area contributed by atoms with Crippen LogP contribution in [-0.2, 0) is 21.1 Å². The van der Waals surface area contributed by atoms with E-state index in [1.807, 2.05) is 0 Å². The minimum atomic E-state index is -3.49. The molecule has 1 aliphatic heterocycles. The van der Waals surface area contributed by atoms with Crippen molar-refractivity contribution >= 4 is 15.8 Å². The Morgan fingerprint density at radius 3 is 2.35 bits per heavy atom. The van der Waals surface area contributed by atoms with Crippen molar-refractivity contribution in [3.05, 3.63) is 52.0 Å². The zero-order valence-electron chi connectivity index (χ0n) is 12.7. The molecule has 0 spiro atoms. The molecule has 124 valence electrons. The fourth-order valence-corrected chi connectivity index (χ4v) is 3.42. The highest BCUT2D eigenvalue weighted by Crippen LogP contribution is 2.22. The minimum absolute atomic E-state index is 0.0935. The minimum Gasteiger partial charge on any atom is -0.508 e. The van der Waals surface area contributed by atoms with Crippen LogP contribution in [0.15, 0.2) is 46.5 Å². The first-order chi connectivity index (χ1) is 10.7. The lowest BCUT2D eigenvalue weighted by molar-refractivity contribution is -0.139. The van der Waals surface area contributed by atoms with Gasteiger partial charge in [-0.15, -0.1) is 0 Å². The fourth-order valence-electron chi connectivity index (χ4n) is 2.19. The van der Waals surface area contributed by atoms with E-state index in [-0.39, 0.29) is 17.9 Å². The molecule has 0 saturated carbocycles. The van der Waals surface area contributed by atoms with Gasteiger partial charge in [0.25, 0.3) is 0 Å². The molecule has 0 aliphatic carbocycles. The molecule has 0 radical (unpaired) electrons. The van der Waals surface area contributed by atoms with Crippen LogP contribution in [0.1, 0.15) is 5.56 Å². The van der Waals surface area contributed by atoms with Gasteiger partial charge in [-0.25, -0.2) is 13.2 Å². The maximum atomic E-state index is 11.7. The van der Waals surface area contributed by atoms with E-state index in [1.54, 1.807) is 31.1 Å². The number of carboxylic acids is 1.